The molecule has 0 bridgehead atoms. The number of hydrogen-bond acceptors (Lipinski definition) is 5. The van der Waals surface area contributed by atoms with Gasteiger partial charge in [-0.05, 0) is 24.6 Å². The molecule has 31 heavy (non-hydrogen) atoms. The maximum atomic E-state index is 13.5. The Morgan fingerprint density at radius 3 is 2.52 bits per heavy atom. The number of fused-ring (bicyclic) bond motifs is 1. The Bertz CT molecular complexity index is 1230. The number of para-hydroxylation sites is 1. The van der Waals surface area contributed by atoms with Crippen LogP contribution < -0.4 is 10.1 Å². The number of nitrogens with zero attached hydrogens (tertiary/aromatic N) is 2. The molecular formula is C25H23N3O3. The van der Waals surface area contributed by atoms with Gasteiger partial charge in [0.05, 0.1) is 24.2 Å². The second-order valence-electron chi connectivity index (χ2n) is 7.09. The number of carbonyl (C=O) groups is 1. The van der Waals surface area contributed by atoms with Crippen LogP contribution in [0.3, 0.4) is 0 Å². The van der Waals surface area contributed by atoms with E-state index in [0.717, 1.165) is 5.56 Å². The third-order valence-corrected chi connectivity index (χ3v) is 5.19. The summed E-state index contributed by atoms with van der Waals surface area (Å²) in [6, 6.07) is 19.9. The van der Waals surface area contributed by atoms with E-state index in [4.69, 9.17) is 9.72 Å². The van der Waals surface area contributed by atoms with E-state index in [0.29, 0.717) is 40.0 Å². The number of hydrogen-bond donors (Lipinski definition) is 2. The quantitative estimate of drug-likeness (QED) is 0.470. The zero-order chi connectivity index (χ0) is 21.8. The first kappa shape index (κ1) is 20.3. The summed E-state index contributed by atoms with van der Waals surface area (Å²) in [5, 5.41) is 13.9. The Morgan fingerprint density at radius 1 is 1.06 bits per heavy atom. The van der Waals surface area contributed by atoms with Gasteiger partial charge >= 0.3 is 0 Å². The number of amides is 1. The number of methoxy groups -OCH3 is 1. The normalized spacial score (nSPS) is 11.8. The van der Waals surface area contributed by atoms with Gasteiger partial charge in [0.2, 0.25) is 0 Å². The number of aromatic hydroxyl groups is 1. The summed E-state index contributed by atoms with van der Waals surface area (Å²) in [4.78, 5) is 22.6. The lowest BCUT2D eigenvalue weighted by Gasteiger charge is -2.20. The van der Waals surface area contributed by atoms with Crippen LogP contribution in [0.15, 0.2) is 72.9 Å². The summed E-state index contributed by atoms with van der Waals surface area (Å²) in [5.41, 5.74) is 2.98. The molecule has 0 radical (unpaired) electrons. The SMILES string of the molecule is CCC(NC(=O)c1c(OC)c(-c2ccccc2)nc2ccccc12)c1ncccc1O. The Hall–Kier alpha value is -3.93. The van der Waals surface area contributed by atoms with E-state index in [-0.39, 0.29) is 11.7 Å². The number of carbonyl (C=O) groups excluding carboxylic acids is 1. The molecule has 0 fully saturated rings. The fraction of sp³-hybridized carbons (Fsp3) is 0.160. The molecular weight excluding hydrogens is 390 g/mol. The van der Waals surface area contributed by atoms with E-state index in [1.165, 1.54) is 7.11 Å². The summed E-state index contributed by atoms with van der Waals surface area (Å²) in [5.74, 6) is 0.137. The molecule has 6 nitrogen and oxygen atoms in total. The predicted molar refractivity (Wildman–Crippen MR) is 120 cm³/mol. The molecule has 4 rings (SSSR count). The lowest BCUT2D eigenvalue weighted by Crippen LogP contribution is -2.29. The van der Waals surface area contributed by atoms with Crippen LogP contribution in [0, 0.1) is 0 Å². The van der Waals surface area contributed by atoms with Crippen LogP contribution in [0.2, 0.25) is 0 Å². The first-order valence-corrected chi connectivity index (χ1v) is 10.1. The summed E-state index contributed by atoms with van der Waals surface area (Å²) >= 11 is 0. The smallest absolute Gasteiger partial charge is 0.256 e. The van der Waals surface area contributed by atoms with Crippen LogP contribution in [-0.4, -0.2) is 28.1 Å². The average Bonchev–Trinajstić information content (AvgIpc) is 2.82. The molecule has 1 unspecified atom stereocenters. The van der Waals surface area contributed by atoms with Crippen molar-refractivity contribution in [3.05, 3.63) is 84.2 Å². The van der Waals surface area contributed by atoms with Crippen molar-refractivity contribution in [1.29, 1.82) is 0 Å². The van der Waals surface area contributed by atoms with Gasteiger partial charge in [-0.15, -0.1) is 0 Å². The summed E-state index contributed by atoms with van der Waals surface area (Å²) in [6.07, 6.45) is 2.16. The number of nitrogens with one attached hydrogen (secondary N) is 1. The van der Waals surface area contributed by atoms with E-state index in [9.17, 15) is 9.90 Å². The summed E-state index contributed by atoms with van der Waals surface area (Å²) in [7, 11) is 1.54. The molecule has 2 aromatic carbocycles. The Kier molecular flexibility index (Phi) is 5.80. The van der Waals surface area contributed by atoms with Crippen molar-refractivity contribution >= 4 is 16.8 Å². The Morgan fingerprint density at radius 2 is 1.81 bits per heavy atom. The van der Waals surface area contributed by atoms with Gasteiger partial charge in [0, 0.05) is 17.1 Å². The molecule has 0 aliphatic carbocycles. The van der Waals surface area contributed by atoms with E-state index in [1.54, 1.807) is 18.3 Å². The maximum absolute atomic E-state index is 13.5. The minimum Gasteiger partial charge on any atom is -0.506 e. The van der Waals surface area contributed by atoms with Gasteiger partial charge in [0.15, 0.2) is 5.75 Å². The van der Waals surface area contributed by atoms with Crippen molar-refractivity contribution in [2.75, 3.05) is 7.11 Å². The third kappa shape index (κ3) is 3.92. The molecule has 2 aromatic heterocycles. The number of pyridine rings is 2. The summed E-state index contributed by atoms with van der Waals surface area (Å²) in [6.45, 7) is 1.93. The number of benzene rings is 2. The fourth-order valence-corrected chi connectivity index (χ4v) is 3.68. The van der Waals surface area contributed by atoms with Crippen molar-refractivity contribution in [3.63, 3.8) is 0 Å². The minimum atomic E-state index is -0.453. The predicted octanol–water partition coefficient (Wildman–Crippen LogP) is 4.89. The number of aromatic nitrogens is 2. The van der Waals surface area contributed by atoms with Gasteiger partial charge in [0.25, 0.3) is 5.91 Å². The highest BCUT2D eigenvalue weighted by molar-refractivity contribution is 6.10. The topological polar surface area (TPSA) is 84.3 Å². The largest absolute Gasteiger partial charge is 0.506 e. The second kappa shape index (κ2) is 8.83. The van der Waals surface area contributed by atoms with Gasteiger partial charge in [0.1, 0.15) is 17.1 Å². The minimum absolute atomic E-state index is 0.0474. The van der Waals surface area contributed by atoms with Gasteiger partial charge in [-0.2, -0.15) is 0 Å². The molecule has 0 saturated carbocycles. The van der Waals surface area contributed by atoms with Crippen molar-refractivity contribution in [2.24, 2.45) is 0 Å². The molecule has 1 atom stereocenters. The molecule has 0 spiro atoms. The highest BCUT2D eigenvalue weighted by atomic mass is 16.5. The maximum Gasteiger partial charge on any atom is 0.256 e. The zero-order valence-corrected chi connectivity index (χ0v) is 17.4. The van der Waals surface area contributed by atoms with Gasteiger partial charge in [-0.3, -0.25) is 9.78 Å². The van der Waals surface area contributed by atoms with Crippen LogP contribution in [0.5, 0.6) is 11.5 Å². The lowest BCUT2D eigenvalue weighted by molar-refractivity contribution is 0.0933. The van der Waals surface area contributed by atoms with Gasteiger partial charge in [-0.1, -0.05) is 55.5 Å². The Labute approximate surface area is 180 Å². The molecule has 0 aliphatic rings. The molecule has 156 valence electrons. The highest BCUT2D eigenvalue weighted by Gasteiger charge is 2.25. The van der Waals surface area contributed by atoms with Gasteiger partial charge < -0.3 is 15.2 Å². The molecule has 4 aromatic rings. The van der Waals surface area contributed by atoms with Crippen LogP contribution in [0.4, 0.5) is 0 Å². The molecule has 6 heteroatoms. The first-order chi connectivity index (χ1) is 15.1. The molecule has 2 N–H and O–H groups in total. The first-order valence-electron chi connectivity index (χ1n) is 10.1. The Balaban J connectivity index is 1.86. The van der Waals surface area contributed by atoms with Crippen LogP contribution in [-0.2, 0) is 0 Å². The number of rotatable bonds is 6. The van der Waals surface area contributed by atoms with Crippen LogP contribution in [0.1, 0.15) is 35.4 Å². The van der Waals surface area contributed by atoms with E-state index in [1.807, 2.05) is 61.5 Å². The average molecular weight is 413 g/mol. The molecule has 0 saturated heterocycles. The van der Waals surface area contributed by atoms with Crippen LogP contribution in [0.25, 0.3) is 22.2 Å². The standard InChI is InChI=1S/C25H23N3O3/c1-3-18(23-20(29)14-9-15-26-23)28-25(30)21-17-12-7-8-13-19(17)27-22(24(21)31-2)16-10-5-4-6-11-16/h4-15,18,29H,3H2,1-2H3,(H,28,30). The lowest BCUT2D eigenvalue weighted by atomic mass is 10.0. The summed E-state index contributed by atoms with van der Waals surface area (Å²) < 4.78 is 5.72. The van der Waals surface area contributed by atoms with Crippen LogP contribution >= 0.6 is 0 Å². The third-order valence-electron chi connectivity index (χ3n) is 5.19. The van der Waals surface area contributed by atoms with E-state index >= 15 is 0 Å². The molecule has 0 aliphatic heterocycles. The van der Waals surface area contributed by atoms with Crippen molar-refractivity contribution in [3.8, 4) is 22.8 Å². The fourth-order valence-electron chi connectivity index (χ4n) is 3.68. The second-order valence-corrected chi connectivity index (χ2v) is 7.09. The van der Waals surface area contributed by atoms with Crippen molar-refractivity contribution in [2.45, 2.75) is 19.4 Å². The highest BCUT2D eigenvalue weighted by Crippen LogP contribution is 2.36. The molecule has 2 heterocycles. The molecule has 1 amide bonds. The van der Waals surface area contributed by atoms with Gasteiger partial charge in [-0.25, -0.2) is 4.98 Å². The number of ether oxygens (including phenoxy) is 1. The van der Waals surface area contributed by atoms with Crippen molar-refractivity contribution < 1.29 is 14.6 Å². The van der Waals surface area contributed by atoms with E-state index < -0.39 is 6.04 Å². The van der Waals surface area contributed by atoms with E-state index in [2.05, 4.69) is 10.3 Å². The monoisotopic (exact) mass is 413 g/mol. The zero-order valence-electron chi connectivity index (χ0n) is 17.4. The van der Waals surface area contributed by atoms with Crippen molar-refractivity contribution in [1.82, 2.24) is 15.3 Å².